The quantitative estimate of drug-likeness (QED) is 0.358. The van der Waals surface area contributed by atoms with Crippen LogP contribution in [-0.4, -0.2) is 62.8 Å². The first kappa shape index (κ1) is 27.7. The molecule has 0 heterocycles. The number of hydrogen-bond donors (Lipinski definition) is 2. The molecule has 1 amide bonds. The summed E-state index contributed by atoms with van der Waals surface area (Å²) in [6.45, 7) is 6.98. The Bertz CT molecular complexity index is 1350. The molecule has 37 heavy (non-hydrogen) atoms. The van der Waals surface area contributed by atoms with Crippen molar-refractivity contribution in [1.82, 2.24) is 4.90 Å². The van der Waals surface area contributed by atoms with E-state index in [1.165, 1.54) is 24.3 Å². The van der Waals surface area contributed by atoms with Gasteiger partial charge in [0, 0.05) is 6.54 Å². The van der Waals surface area contributed by atoms with E-state index in [1.54, 1.807) is 12.1 Å². The zero-order valence-electron chi connectivity index (χ0n) is 20.9. The Hall–Kier alpha value is -3.89. The second kappa shape index (κ2) is 12.4. The fourth-order valence-electron chi connectivity index (χ4n) is 3.63. The first-order valence-corrected chi connectivity index (χ1v) is 13.6. The van der Waals surface area contributed by atoms with E-state index >= 15 is 0 Å². The van der Waals surface area contributed by atoms with Crippen LogP contribution < -0.4 is 10.1 Å². The Morgan fingerprint density at radius 1 is 0.919 bits per heavy atom. The highest BCUT2D eigenvalue weighted by molar-refractivity contribution is 7.86. The lowest BCUT2D eigenvalue weighted by Crippen LogP contribution is -2.27. The summed E-state index contributed by atoms with van der Waals surface area (Å²) in [7, 11) is -4.08. The molecule has 3 aromatic carbocycles. The summed E-state index contributed by atoms with van der Waals surface area (Å²) in [5.74, 6) is -1.75. The lowest BCUT2D eigenvalue weighted by molar-refractivity contribution is 0.0749. The number of aromatic hydroxyl groups is 1. The molecule has 0 aliphatic carbocycles. The Morgan fingerprint density at radius 3 is 2.27 bits per heavy atom. The van der Waals surface area contributed by atoms with Crippen molar-refractivity contribution in [2.45, 2.75) is 13.8 Å². The summed E-state index contributed by atoms with van der Waals surface area (Å²) >= 11 is 0. The summed E-state index contributed by atoms with van der Waals surface area (Å²) in [5.41, 5.74) is 1.27. The molecule has 0 fully saturated rings. The van der Waals surface area contributed by atoms with Gasteiger partial charge in [-0.1, -0.05) is 50.2 Å². The van der Waals surface area contributed by atoms with Crippen LogP contribution in [0.2, 0.25) is 0 Å². The van der Waals surface area contributed by atoms with Crippen molar-refractivity contribution < 1.29 is 32.0 Å². The fourth-order valence-corrected chi connectivity index (χ4v) is 3.99. The van der Waals surface area contributed by atoms with Crippen LogP contribution in [0.1, 0.15) is 34.6 Å². The molecule has 0 aromatic heterocycles. The lowest BCUT2D eigenvalue weighted by atomic mass is 10.0. The van der Waals surface area contributed by atoms with Gasteiger partial charge < -0.3 is 24.2 Å². The number of carbonyl (C=O) groups is 2. The van der Waals surface area contributed by atoms with Crippen molar-refractivity contribution >= 4 is 27.7 Å². The van der Waals surface area contributed by atoms with E-state index in [9.17, 15) is 23.1 Å². The zero-order valence-corrected chi connectivity index (χ0v) is 21.7. The smallest absolute Gasteiger partial charge is 0.355 e. The second-order valence-corrected chi connectivity index (χ2v) is 9.78. The molecular formula is C27H30N2O7S. The first-order valence-electron chi connectivity index (χ1n) is 11.7. The number of nitrogens with one attached hydrogen (secondary N) is 1. The van der Waals surface area contributed by atoms with Crippen LogP contribution in [0.4, 0.5) is 5.69 Å². The Labute approximate surface area is 216 Å². The highest BCUT2D eigenvalue weighted by Crippen LogP contribution is 2.29. The maximum atomic E-state index is 13.2. The van der Waals surface area contributed by atoms with E-state index in [-0.39, 0.29) is 22.6 Å². The molecule has 0 radical (unpaired) electrons. The van der Waals surface area contributed by atoms with Gasteiger partial charge in [-0.15, -0.1) is 0 Å². The number of amides is 1. The highest BCUT2D eigenvalue weighted by atomic mass is 32.2. The molecule has 9 nitrogen and oxygen atoms in total. The predicted octanol–water partition coefficient (Wildman–Crippen LogP) is 4.15. The highest BCUT2D eigenvalue weighted by Gasteiger charge is 2.21. The van der Waals surface area contributed by atoms with E-state index in [4.69, 9.17) is 4.74 Å². The van der Waals surface area contributed by atoms with Crippen LogP contribution in [0.5, 0.6) is 11.5 Å². The number of nitrogens with zero attached hydrogens (tertiary/aromatic N) is 1. The number of phenols is 1. The molecule has 3 aromatic rings. The normalized spacial score (nSPS) is 11.2. The Balaban J connectivity index is 1.90. The minimum absolute atomic E-state index is 0.0206. The number of ether oxygens (including phenoxy) is 1. The second-order valence-electron chi connectivity index (χ2n) is 8.21. The molecular weight excluding hydrogens is 496 g/mol. The topological polar surface area (TPSA) is 122 Å². The van der Waals surface area contributed by atoms with Gasteiger partial charge in [-0.05, 0) is 54.5 Å². The van der Waals surface area contributed by atoms with Crippen LogP contribution >= 0.6 is 0 Å². The number of hydrogen-bond acceptors (Lipinski definition) is 8. The number of likely N-dealkylation sites (N-methyl/N-ethyl adjacent to an activating group) is 1. The molecule has 10 heteroatoms. The third-order valence-electron chi connectivity index (χ3n) is 5.61. The molecule has 0 spiro atoms. The van der Waals surface area contributed by atoms with Gasteiger partial charge in [0.05, 0.1) is 23.1 Å². The van der Waals surface area contributed by atoms with Crippen molar-refractivity contribution in [3.8, 4) is 22.6 Å². The molecule has 0 saturated heterocycles. The molecule has 0 bridgehead atoms. The van der Waals surface area contributed by atoms with Crippen LogP contribution in [0.25, 0.3) is 11.1 Å². The van der Waals surface area contributed by atoms with Crippen LogP contribution in [0.15, 0.2) is 66.7 Å². The van der Waals surface area contributed by atoms with E-state index in [0.717, 1.165) is 24.9 Å². The maximum Gasteiger partial charge on any atom is 0.355 e. The SMILES string of the molecule is CCN(CC)CCOc1ccc(O)c(C(=O)Nc2cc(-c3ccccc3)ccc2C(=O)OS(C)(=O)=O)c1. The first-order chi connectivity index (χ1) is 17.6. The number of rotatable bonds is 11. The van der Waals surface area contributed by atoms with Gasteiger partial charge in [-0.2, -0.15) is 8.42 Å². The average Bonchev–Trinajstić information content (AvgIpc) is 2.87. The third-order valence-corrected chi connectivity index (χ3v) is 6.06. The standard InChI is InChI=1S/C27H30N2O7S/c1-4-29(5-2)15-16-35-21-12-14-25(30)23(18-21)26(31)28-24-17-20(19-9-7-6-8-10-19)11-13-22(24)27(32)36-37(3,33)34/h6-14,17-18,30H,4-5,15-16H2,1-3H3,(H,28,31). The monoisotopic (exact) mass is 526 g/mol. The molecule has 0 aliphatic rings. The van der Waals surface area contributed by atoms with Gasteiger partial charge >= 0.3 is 16.1 Å². The van der Waals surface area contributed by atoms with Crippen molar-refractivity contribution in [2.75, 3.05) is 37.8 Å². The van der Waals surface area contributed by atoms with Crippen molar-refractivity contribution in [1.29, 1.82) is 0 Å². The van der Waals surface area contributed by atoms with Gasteiger partial charge in [0.15, 0.2) is 0 Å². The molecule has 2 N–H and O–H groups in total. The van der Waals surface area contributed by atoms with Gasteiger partial charge in [-0.25, -0.2) is 4.79 Å². The van der Waals surface area contributed by atoms with E-state index in [0.29, 0.717) is 24.5 Å². The molecule has 0 atom stereocenters. The zero-order chi connectivity index (χ0) is 27.0. The average molecular weight is 527 g/mol. The fraction of sp³-hybridized carbons (Fsp3) is 0.259. The largest absolute Gasteiger partial charge is 0.507 e. The van der Waals surface area contributed by atoms with Gasteiger partial charge in [0.2, 0.25) is 0 Å². The van der Waals surface area contributed by atoms with Crippen molar-refractivity contribution in [3.05, 3.63) is 77.9 Å². The lowest BCUT2D eigenvalue weighted by Gasteiger charge is -2.18. The summed E-state index contributed by atoms with van der Waals surface area (Å²) in [4.78, 5) is 27.9. The van der Waals surface area contributed by atoms with E-state index < -0.39 is 22.0 Å². The van der Waals surface area contributed by atoms with Crippen LogP contribution in [-0.2, 0) is 14.3 Å². The predicted molar refractivity (Wildman–Crippen MR) is 141 cm³/mol. The number of anilines is 1. The summed E-state index contributed by atoms with van der Waals surface area (Å²) in [6.07, 6.45) is 0.755. The Morgan fingerprint density at radius 2 is 1.62 bits per heavy atom. The van der Waals surface area contributed by atoms with Crippen molar-refractivity contribution in [3.63, 3.8) is 0 Å². The number of phenolic OH excluding ortho intramolecular Hbond substituents is 1. The van der Waals surface area contributed by atoms with Gasteiger partial charge in [0.1, 0.15) is 18.1 Å². The maximum absolute atomic E-state index is 13.2. The van der Waals surface area contributed by atoms with Gasteiger partial charge in [-0.3, -0.25) is 4.79 Å². The molecule has 3 rings (SSSR count). The molecule has 0 saturated carbocycles. The van der Waals surface area contributed by atoms with E-state index in [2.05, 4.69) is 28.2 Å². The minimum atomic E-state index is -4.08. The van der Waals surface area contributed by atoms with Crippen molar-refractivity contribution in [2.24, 2.45) is 0 Å². The third kappa shape index (κ3) is 7.80. The summed E-state index contributed by atoms with van der Waals surface area (Å²) in [5, 5.41) is 12.9. The number of benzene rings is 3. The molecule has 0 unspecified atom stereocenters. The van der Waals surface area contributed by atoms with E-state index in [1.807, 2.05) is 30.3 Å². The van der Waals surface area contributed by atoms with Crippen LogP contribution in [0.3, 0.4) is 0 Å². The summed E-state index contributed by atoms with van der Waals surface area (Å²) < 4.78 is 33.3. The van der Waals surface area contributed by atoms with Crippen LogP contribution in [0, 0.1) is 0 Å². The molecule has 196 valence electrons. The minimum Gasteiger partial charge on any atom is -0.507 e. The number of carbonyl (C=O) groups excluding carboxylic acids is 2. The molecule has 0 aliphatic heterocycles. The summed E-state index contributed by atoms with van der Waals surface area (Å²) in [6, 6.07) is 18.1. The Kier molecular flexibility index (Phi) is 9.26. The van der Waals surface area contributed by atoms with Gasteiger partial charge in [0.25, 0.3) is 5.91 Å².